The summed E-state index contributed by atoms with van der Waals surface area (Å²) in [5.41, 5.74) is -2.00. The van der Waals surface area contributed by atoms with Crippen molar-refractivity contribution in [1.82, 2.24) is 15.2 Å². The summed E-state index contributed by atoms with van der Waals surface area (Å²) in [6.07, 6.45) is -1.93. The van der Waals surface area contributed by atoms with Crippen LogP contribution in [0.4, 0.5) is 27.6 Å². The van der Waals surface area contributed by atoms with E-state index in [1.807, 2.05) is 6.92 Å². The first-order valence-electron chi connectivity index (χ1n) is 11.9. The van der Waals surface area contributed by atoms with E-state index < -0.39 is 65.3 Å². The van der Waals surface area contributed by atoms with Crippen molar-refractivity contribution in [3.05, 3.63) is 52.1 Å². The van der Waals surface area contributed by atoms with E-state index in [1.165, 1.54) is 14.0 Å². The summed E-state index contributed by atoms with van der Waals surface area (Å²) in [6, 6.07) is 1.10. The number of hydrogen-bond acceptors (Lipinski definition) is 4. The number of nitrogens with one attached hydrogen (secondary N) is 3. The monoisotopic (exact) mass is 536 g/mol. The van der Waals surface area contributed by atoms with Gasteiger partial charge in [-0.25, -0.2) is 22.0 Å². The van der Waals surface area contributed by atoms with E-state index in [0.717, 1.165) is 0 Å². The average Bonchev–Trinajstić information content (AvgIpc) is 3.41. The highest BCUT2D eigenvalue weighted by Gasteiger charge is 2.90. The van der Waals surface area contributed by atoms with E-state index >= 15 is 0 Å². The second-order valence-corrected chi connectivity index (χ2v) is 10.8. The Morgan fingerprint density at radius 3 is 2.16 bits per heavy atom. The van der Waals surface area contributed by atoms with Gasteiger partial charge in [-0.05, 0) is 18.4 Å². The van der Waals surface area contributed by atoms with Crippen molar-refractivity contribution < 1.29 is 41.1 Å². The number of benzene rings is 1. The minimum Gasteiger partial charge on any atom is -0.357 e. The first-order chi connectivity index (χ1) is 17.7. The maximum atomic E-state index is 13.7. The molecule has 2 aromatic rings. The Kier molecular flexibility index (Phi) is 4.65. The van der Waals surface area contributed by atoms with Crippen LogP contribution in [0.2, 0.25) is 0 Å². The van der Waals surface area contributed by atoms with Crippen molar-refractivity contribution in [3.63, 3.8) is 0 Å². The Labute approximate surface area is 211 Å². The number of rotatable bonds is 6. The maximum Gasteiger partial charge on any atom is 0.293 e. The molecule has 2 aliphatic heterocycles. The van der Waals surface area contributed by atoms with E-state index in [9.17, 15) is 41.1 Å². The predicted octanol–water partition coefficient (Wildman–Crippen LogP) is 2.97. The molecule has 1 aromatic heterocycles. The summed E-state index contributed by atoms with van der Waals surface area (Å²) in [4.78, 5) is 51.9. The quantitative estimate of drug-likeness (QED) is 0.228. The van der Waals surface area contributed by atoms with Crippen LogP contribution in [-0.4, -0.2) is 46.6 Å². The molecule has 5 aliphatic rings. The Morgan fingerprint density at radius 1 is 1.05 bits per heavy atom. The number of carbonyl (C=O) groups is 4. The number of Topliss-reactive ketones (excluding diaryl/α,β-unsaturated/α-hetero) is 1. The van der Waals surface area contributed by atoms with Gasteiger partial charge in [0.15, 0.2) is 17.5 Å². The van der Waals surface area contributed by atoms with E-state index in [2.05, 4.69) is 16.0 Å². The fourth-order valence-electron chi connectivity index (χ4n) is 6.73. The lowest BCUT2D eigenvalue weighted by atomic mass is 9.72. The lowest BCUT2D eigenvalue weighted by molar-refractivity contribution is -0.164. The summed E-state index contributed by atoms with van der Waals surface area (Å²) in [6.45, 7) is 3.39. The van der Waals surface area contributed by atoms with Gasteiger partial charge < -0.3 is 20.5 Å². The van der Waals surface area contributed by atoms with Crippen LogP contribution in [0.25, 0.3) is 0 Å². The van der Waals surface area contributed by atoms with E-state index in [-0.39, 0.29) is 45.8 Å². The Hall–Kier alpha value is -3.77. The zero-order valence-corrected chi connectivity index (χ0v) is 20.3. The molecule has 3 N–H and O–H groups in total. The Bertz CT molecular complexity index is 1490. The lowest BCUT2D eigenvalue weighted by Gasteiger charge is -2.45. The molecule has 3 aliphatic carbocycles. The molecule has 1 aromatic carbocycles. The van der Waals surface area contributed by atoms with Crippen molar-refractivity contribution >= 4 is 29.2 Å². The average molecular weight is 536 g/mol. The minimum atomic E-state index is -3.18. The number of ketones is 1. The molecule has 0 spiro atoms. The molecule has 0 radical (unpaired) electrons. The maximum absolute atomic E-state index is 13.7. The third-order valence-corrected chi connectivity index (χ3v) is 8.59. The summed E-state index contributed by atoms with van der Waals surface area (Å²) in [5, 5.41) is 6.72. The van der Waals surface area contributed by atoms with Gasteiger partial charge in [0.2, 0.25) is 5.91 Å². The molecule has 3 saturated carbocycles. The predicted molar refractivity (Wildman–Crippen MR) is 120 cm³/mol. The molecule has 2 bridgehead atoms. The number of hydrogen-bond donors (Lipinski definition) is 3. The minimum absolute atomic E-state index is 0.00351. The van der Waals surface area contributed by atoms with E-state index in [4.69, 9.17) is 0 Å². The van der Waals surface area contributed by atoms with Gasteiger partial charge in [0.25, 0.3) is 23.5 Å². The molecular weight excluding hydrogens is 515 g/mol. The standard InChI is InChI=1S/C25H21F5N4O4/c1-8-12(18(35)21(37)33-24(22(38)31-3)6-25(29,30)7-24)17-13-14-19(23(13,14)2)34(17)16(8)20(36)32-9-4-10(26)15(28)11(27)5-9/h4-5,13-14,19H,6-7H2,1-3H3,(H,31,38)(H,32,36)(H,33,37)/t13?,14-,19+,23-/m1/s1. The number of anilines is 1. The molecular formula is C25H21F5N4O4. The number of amides is 3. The molecule has 13 heteroatoms. The van der Waals surface area contributed by atoms with Gasteiger partial charge in [0.1, 0.15) is 11.2 Å². The van der Waals surface area contributed by atoms with Gasteiger partial charge in [0.05, 0.1) is 5.56 Å². The van der Waals surface area contributed by atoms with Gasteiger partial charge in [-0.2, -0.15) is 0 Å². The smallest absolute Gasteiger partial charge is 0.293 e. The summed E-state index contributed by atoms with van der Waals surface area (Å²) in [5.74, 6) is -11.9. The summed E-state index contributed by atoms with van der Waals surface area (Å²) in [7, 11) is 1.22. The highest BCUT2D eigenvalue weighted by Crippen LogP contribution is 2.95. The normalized spacial score (nSPS) is 27.9. The van der Waals surface area contributed by atoms with Crippen molar-refractivity contribution in [2.45, 2.75) is 50.1 Å². The second-order valence-electron chi connectivity index (χ2n) is 10.8. The van der Waals surface area contributed by atoms with Crippen LogP contribution in [0.3, 0.4) is 0 Å². The zero-order chi connectivity index (χ0) is 27.7. The fourth-order valence-corrected chi connectivity index (χ4v) is 6.73. The number of likely N-dealkylation sites (N-methyl/N-ethyl adjacent to an activating group) is 1. The van der Waals surface area contributed by atoms with Crippen LogP contribution >= 0.6 is 0 Å². The Morgan fingerprint density at radius 2 is 1.63 bits per heavy atom. The van der Waals surface area contributed by atoms with Crippen LogP contribution in [0.1, 0.15) is 63.8 Å². The van der Waals surface area contributed by atoms with Gasteiger partial charge in [0, 0.05) is 60.8 Å². The van der Waals surface area contributed by atoms with Crippen molar-refractivity contribution in [3.8, 4) is 0 Å². The molecule has 3 fully saturated rings. The van der Waals surface area contributed by atoms with Gasteiger partial charge >= 0.3 is 0 Å². The van der Waals surface area contributed by atoms with Crippen LogP contribution in [0.15, 0.2) is 12.1 Å². The van der Waals surface area contributed by atoms with Crippen molar-refractivity contribution in [2.75, 3.05) is 12.4 Å². The first-order valence-corrected chi connectivity index (χ1v) is 11.9. The Balaban J connectivity index is 1.34. The van der Waals surface area contributed by atoms with Crippen LogP contribution in [0, 0.1) is 35.7 Å². The number of aromatic nitrogens is 1. The van der Waals surface area contributed by atoms with Crippen LogP contribution in [0.5, 0.6) is 0 Å². The molecule has 3 amide bonds. The fraction of sp³-hybridized carbons (Fsp3) is 0.440. The number of halogens is 5. The summed E-state index contributed by atoms with van der Waals surface area (Å²) < 4.78 is 69.7. The molecule has 38 heavy (non-hydrogen) atoms. The molecule has 4 atom stereocenters. The molecule has 3 heterocycles. The highest BCUT2D eigenvalue weighted by molar-refractivity contribution is 6.44. The van der Waals surface area contributed by atoms with Crippen LogP contribution in [-0.2, 0) is 9.59 Å². The van der Waals surface area contributed by atoms with Crippen LogP contribution < -0.4 is 16.0 Å². The number of alkyl halides is 2. The van der Waals surface area contributed by atoms with Gasteiger partial charge in [-0.15, -0.1) is 0 Å². The molecule has 1 unspecified atom stereocenters. The molecule has 8 nitrogen and oxygen atoms in total. The summed E-state index contributed by atoms with van der Waals surface area (Å²) >= 11 is 0. The molecule has 0 saturated heterocycles. The molecule has 7 rings (SSSR count). The SMILES string of the molecule is CNC(=O)C1(NC(=O)C(=O)c2c(C)c(C(=O)Nc3cc(F)c(F)c(F)c3)n3c2C2[C@@H]4[C@H]3[C@]24C)CC(F)(F)C1. The highest BCUT2D eigenvalue weighted by atomic mass is 19.3. The third-order valence-electron chi connectivity index (χ3n) is 8.59. The largest absolute Gasteiger partial charge is 0.357 e. The second kappa shape index (κ2) is 7.20. The lowest BCUT2D eigenvalue weighted by Crippen LogP contribution is -2.69. The van der Waals surface area contributed by atoms with E-state index in [0.29, 0.717) is 17.8 Å². The zero-order valence-electron chi connectivity index (χ0n) is 20.3. The topological polar surface area (TPSA) is 109 Å². The van der Waals surface area contributed by atoms with Crippen molar-refractivity contribution in [2.24, 2.45) is 11.3 Å². The van der Waals surface area contributed by atoms with Gasteiger partial charge in [-0.3, -0.25) is 19.2 Å². The number of carbonyl (C=O) groups excluding carboxylic acids is 4. The van der Waals surface area contributed by atoms with E-state index in [1.54, 1.807) is 4.57 Å². The van der Waals surface area contributed by atoms with Gasteiger partial charge in [-0.1, -0.05) is 6.92 Å². The third kappa shape index (κ3) is 2.95. The first kappa shape index (κ1) is 24.6. The molecule has 200 valence electrons. The number of nitrogens with zero attached hydrogens (tertiary/aromatic N) is 1. The van der Waals surface area contributed by atoms with Crippen molar-refractivity contribution in [1.29, 1.82) is 0 Å².